The highest BCUT2D eigenvalue weighted by atomic mass is 35.5. The number of likely N-dealkylation sites (tertiary alicyclic amines) is 1. The van der Waals surface area contributed by atoms with Crippen molar-refractivity contribution in [3.8, 4) is 10.6 Å². The van der Waals surface area contributed by atoms with Gasteiger partial charge in [-0.1, -0.05) is 12.1 Å². The van der Waals surface area contributed by atoms with Gasteiger partial charge in [0.1, 0.15) is 10.8 Å². The zero-order valence-corrected chi connectivity index (χ0v) is 14.7. The fourth-order valence-electron chi connectivity index (χ4n) is 2.42. The second-order valence-electron chi connectivity index (χ2n) is 5.22. The smallest absolute Gasteiger partial charge is 0.228 e. The van der Waals surface area contributed by atoms with Crippen LogP contribution in [0, 0.1) is 5.82 Å². The van der Waals surface area contributed by atoms with Crippen molar-refractivity contribution in [1.82, 2.24) is 9.88 Å². The minimum Gasteiger partial charge on any atom is -0.341 e. The predicted molar refractivity (Wildman–Crippen MR) is 94.9 cm³/mol. The molecule has 0 spiro atoms. The Hall–Kier alpha value is -1.21. The molecule has 1 atom stereocenters. The molecule has 0 bridgehead atoms. The molecular weight excluding hydrogens is 360 g/mol. The SMILES string of the molecule is Cl.Cl.N[C@@H]1CCN(C(=O)Cc2csc(-c3cccc(F)c3)n2)C1. The number of thiazole rings is 1. The number of aromatic nitrogens is 1. The van der Waals surface area contributed by atoms with E-state index >= 15 is 0 Å². The average Bonchev–Trinajstić information content (AvgIpc) is 3.08. The van der Waals surface area contributed by atoms with Gasteiger partial charge >= 0.3 is 0 Å². The van der Waals surface area contributed by atoms with Crippen LogP contribution in [0.3, 0.4) is 0 Å². The first kappa shape index (κ1) is 19.8. The van der Waals surface area contributed by atoms with Crippen molar-refractivity contribution in [3.63, 3.8) is 0 Å². The monoisotopic (exact) mass is 377 g/mol. The van der Waals surface area contributed by atoms with E-state index in [1.54, 1.807) is 11.0 Å². The highest BCUT2D eigenvalue weighted by Crippen LogP contribution is 2.24. The largest absolute Gasteiger partial charge is 0.341 e. The molecule has 1 amide bonds. The molecule has 0 saturated carbocycles. The quantitative estimate of drug-likeness (QED) is 0.894. The maximum Gasteiger partial charge on any atom is 0.228 e. The van der Waals surface area contributed by atoms with E-state index in [9.17, 15) is 9.18 Å². The molecule has 1 aliphatic rings. The number of hydrogen-bond acceptors (Lipinski definition) is 4. The standard InChI is InChI=1S/C15H16FN3OS.2ClH/c16-11-3-1-2-10(6-11)15-18-13(9-21-15)7-14(20)19-5-4-12(17)8-19;;/h1-3,6,9,12H,4-5,7-8,17H2;2*1H/t12-;;/m1../s1. The summed E-state index contributed by atoms with van der Waals surface area (Å²) in [6.07, 6.45) is 1.13. The Bertz CT molecular complexity index is 668. The van der Waals surface area contributed by atoms with E-state index in [4.69, 9.17) is 5.73 Å². The van der Waals surface area contributed by atoms with Gasteiger partial charge in [0.15, 0.2) is 0 Å². The van der Waals surface area contributed by atoms with Gasteiger partial charge < -0.3 is 10.6 Å². The Balaban J connectivity index is 0.00000132. The van der Waals surface area contributed by atoms with Crippen molar-refractivity contribution in [2.45, 2.75) is 18.9 Å². The lowest BCUT2D eigenvalue weighted by Gasteiger charge is -2.14. The first-order valence-electron chi connectivity index (χ1n) is 6.85. The highest BCUT2D eigenvalue weighted by molar-refractivity contribution is 7.13. The molecule has 1 fully saturated rings. The van der Waals surface area contributed by atoms with Gasteiger partial charge in [-0.25, -0.2) is 9.37 Å². The summed E-state index contributed by atoms with van der Waals surface area (Å²) in [4.78, 5) is 18.3. The first-order valence-corrected chi connectivity index (χ1v) is 7.73. The van der Waals surface area contributed by atoms with Crippen LogP contribution < -0.4 is 5.73 Å². The average molecular weight is 378 g/mol. The molecule has 8 heteroatoms. The van der Waals surface area contributed by atoms with Crippen molar-refractivity contribution >= 4 is 42.1 Å². The van der Waals surface area contributed by atoms with E-state index in [0.29, 0.717) is 6.54 Å². The van der Waals surface area contributed by atoms with Crippen molar-refractivity contribution in [1.29, 1.82) is 0 Å². The Labute approximate surface area is 150 Å². The number of amides is 1. The summed E-state index contributed by atoms with van der Waals surface area (Å²) in [6, 6.07) is 6.41. The lowest BCUT2D eigenvalue weighted by molar-refractivity contribution is -0.129. The predicted octanol–water partition coefficient (Wildman–Crippen LogP) is 2.89. The maximum atomic E-state index is 13.2. The number of nitrogens with two attached hydrogens (primary N) is 1. The van der Waals surface area contributed by atoms with Crippen LogP contribution in [0.15, 0.2) is 29.6 Å². The van der Waals surface area contributed by atoms with Gasteiger partial charge in [0.25, 0.3) is 0 Å². The normalized spacial score (nSPS) is 16.6. The molecule has 0 unspecified atom stereocenters. The van der Waals surface area contributed by atoms with Crippen LogP contribution in [0.25, 0.3) is 10.6 Å². The summed E-state index contributed by atoms with van der Waals surface area (Å²) in [7, 11) is 0. The molecule has 0 radical (unpaired) electrons. The zero-order chi connectivity index (χ0) is 14.8. The number of hydrogen-bond donors (Lipinski definition) is 1. The highest BCUT2D eigenvalue weighted by Gasteiger charge is 2.24. The summed E-state index contributed by atoms with van der Waals surface area (Å²) in [5.74, 6) is -0.231. The van der Waals surface area contributed by atoms with E-state index in [1.165, 1.54) is 23.5 Å². The Morgan fingerprint density at radius 3 is 2.87 bits per heavy atom. The molecule has 1 saturated heterocycles. The van der Waals surface area contributed by atoms with Gasteiger partial charge in [-0.3, -0.25) is 4.79 Å². The lowest BCUT2D eigenvalue weighted by Crippen LogP contribution is -2.32. The number of rotatable bonds is 3. The van der Waals surface area contributed by atoms with Gasteiger partial charge in [-0.15, -0.1) is 36.2 Å². The molecule has 2 aromatic rings. The Morgan fingerprint density at radius 1 is 1.43 bits per heavy atom. The molecule has 23 heavy (non-hydrogen) atoms. The van der Waals surface area contributed by atoms with Crippen LogP contribution in [-0.2, 0) is 11.2 Å². The minimum absolute atomic E-state index is 0. The van der Waals surface area contributed by atoms with E-state index in [0.717, 1.165) is 29.2 Å². The van der Waals surface area contributed by atoms with Gasteiger partial charge in [0.05, 0.1) is 12.1 Å². The lowest BCUT2D eigenvalue weighted by atomic mass is 10.2. The van der Waals surface area contributed by atoms with E-state index in [-0.39, 0.29) is 49.0 Å². The van der Waals surface area contributed by atoms with Crippen LogP contribution in [0.4, 0.5) is 4.39 Å². The molecule has 3 rings (SSSR count). The van der Waals surface area contributed by atoms with Crippen LogP contribution in [0.5, 0.6) is 0 Å². The molecule has 1 aromatic carbocycles. The van der Waals surface area contributed by atoms with E-state index in [2.05, 4.69) is 4.98 Å². The summed E-state index contributed by atoms with van der Waals surface area (Å²) in [6.45, 7) is 1.35. The number of carbonyl (C=O) groups excluding carboxylic acids is 1. The van der Waals surface area contributed by atoms with Crippen LogP contribution >= 0.6 is 36.2 Å². The molecule has 2 N–H and O–H groups in total. The summed E-state index contributed by atoms with van der Waals surface area (Å²) < 4.78 is 13.2. The molecule has 2 heterocycles. The van der Waals surface area contributed by atoms with Gasteiger partial charge in [0, 0.05) is 30.1 Å². The summed E-state index contributed by atoms with van der Waals surface area (Å²) in [5.41, 5.74) is 7.27. The van der Waals surface area contributed by atoms with E-state index < -0.39 is 0 Å². The number of halogens is 3. The van der Waals surface area contributed by atoms with Crippen molar-refractivity contribution in [3.05, 3.63) is 41.2 Å². The third-order valence-corrected chi connectivity index (χ3v) is 4.47. The Kier molecular flexibility index (Phi) is 7.41. The van der Waals surface area contributed by atoms with Gasteiger partial charge in [-0.05, 0) is 18.6 Å². The second kappa shape index (κ2) is 8.59. The van der Waals surface area contributed by atoms with Crippen LogP contribution in [-0.4, -0.2) is 34.9 Å². The molecule has 1 aromatic heterocycles. The van der Waals surface area contributed by atoms with Crippen LogP contribution in [0.2, 0.25) is 0 Å². The maximum absolute atomic E-state index is 13.2. The number of carbonyl (C=O) groups is 1. The summed E-state index contributed by atoms with van der Waals surface area (Å²) in [5, 5.41) is 2.59. The number of benzene rings is 1. The van der Waals surface area contributed by atoms with Gasteiger partial charge in [0.2, 0.25) is 5.91 Å². The van der Waals surface area contributed by atoms with Gasteiger partial charge in [-0.2, -0.15) is 0 Å². The molecule has 1 aliphatic heterocycles. The van der Waals surface area contributed by atoms with Crippen LogP contribution in [0.1, 0.15) is 12.1 Å². The fraction of sp³-hybridized carbons (Fsp3) is 0.333. The topological polar surface area (TPSA) is 59.2 Å². The molecular formula is C15H18Cl2FN3OS. The molecule has 0 aliphatic carbocycles. The van der Waals surface area contributed by atoms with Crippen molar-refractivity contribution in [2.24, 2.45) is 5.73 Å². The van der Waals surface area contributed by atoms with Crippen molar-refractivity contribution < 1.29 is 9.18 Å². The third kappa shape index (κ3) is 4.88. The van der Waals surface area contributed by atoms with E-state index in [1.807, 2.05) is 11.4 Å². The first-order chi connectivity index (χ1) is 10.1. The third-order valence-electron chi connectivity index (χ3n) is 3.53. The summed E-state index contributed by atoms with van der Waals surface area (Å²) >= 11 is 1.42. The van der Waals surface area contributed by atoms with Crippen molar-refractivity contribution in [2.75, 3.05) is 13.1 Å². The molecule has 126 valence electrons. The minimum atomic E-state index is -0.286. The second-order valence-corrected chi connectivity index (χ2v) is 6.08. The zero-order valence-electron chi connectivity index (χ0n) is 12.3. The number of nitrogens with zero attached hydrogens (tertiary/aromatic N) is 2. The molecule has 4 nitrogen and oxygen atoms in total. The fourth-order valence-corrected chi connectivity index (χ4v) is 3.24. The Morgan fingerprint density at radius 2 is 2.22 bits per heavy atom.